The molecule has 0 unspecified atom stereocenters. The minimum absolute atomic E-state index is 0.0606. The summed E-state index contributed by atoms with van der Waals surface area (Å²) in [6.07, 6.45) is -0.540. The van der Waals surface area contributed by atoms with Gasteiger partial charge in [0, 0.05) is 19.0 Å². The van der Waals surface area contributed by atoms with Crippen LogP contribution in [-0.4, -0.2) is 72.6 Å². The van der Waals surface area contributed by atoms with Gasteiger partial charge in [-0.3, -0.25) is 9.59 Å². The smallest absolute Gasteiger partial charge is 0.328 e. The standard InChI is InChI=1S/C26H33N3O7S/c1-17-8-10-21(11-9-17)37(35,36)28-22(16-19-6-4-3-5-7-19)25(32)29-14-12-20(13-15-29)24(31)27-23(18(2)30)26(33)34/h3-11,18,20,22-23,28,30H,12-16H2,1-2H3,(H,27,31)(H,33,34)/t18-,22-,23-/m0/s1. The molecule has 4 N–H and O–H groups in total. The lowest BCUT2D eigenvalue weighted by atomic mass is 9.94. The number of aliphatic hydroxyl groups excluding tert-OH is 1. The van der Waals surface area contributed by atoms with Crippen LogP contribution >= 0.6 is 0 Å². The van der Waals surface area contributed by atoms with E-state index >= 15 is 0 Å². The van der Waals surface area contributed by atoms with Crippen LogP contribution in [0.2, 0.25) is 0 Å². The number of aryl methyl sites for hydroxylation is 1. The van der Waals surface area contributed by atoms with Crippen molar-refractivity contribution in [3.8, 4) is 0 Å². The Morgan fingerprint density at radius 2 is 1.62 bits per heavy atom. The van der Waals surface area contributed by atoms with E-state index < -0.39 is 51.9 Å². The number of hydrogen-bond acceptors (Lipinski definition) is 6. The number of rotatable bonds is 10. The number of aliphatic hydroxyl groups is 1. The number of likely N-dealkylation sites (tertiary alicyclic amines) is 1. The highest BCUT2D eigenvalue weighted by molar-refractivity contribution is 7.89. The van der Waals surface area contributed by atoms with E-state index in [2.05, 4.69) is 10.0 Å². The SMILES string of the molecule is Cc1ccc(S(=O)(=O)N[C@@H](Cc2ccccc2)C(=O)N2CCC(C(=O)N[C@H](C(=O)O)[C@H](C)O)CC2)cc1. The normalized spacial score (nSPS) is 17.0. The van der Waals surface area contributed by atoms with Crippen LogP contribution < -0.4 is 10.0 Å². The molecule has 11 heteroatoms. The van der Waals surface area contributed by atoms with E-state index in [0.29, 0.717) is 0 Å². The third kappa shape index (κ3) is 7.61. The summed E-state index contributed by atoms with van der Waals surface area (Å²) >= 11 is 0. The van der Waals surface area contributed by atoms with Crippen molar-refractivity contribution in [2.45, 2.75) is 56.2 Å². The van der Waals surface area contributed by atoms with Crippen LogP contribution in [0.25, 0.3) is 0 Å². The zero-order valence-electron chi connectivity index (χ0n) is 20.8. The Hall–Kier alpha value is -3.28. The minimum atomic E-state index is -3.97. The number of carbonyl (C=O) groups excluding carboxylic acids is 2. The Bertz CT molecular complexity index is 1190. The van der Waals surface area contributed by atoms with Gasteiger partial charge in [0.1, 0.15) is 6.04 Å². The van der Waals surface area contributed by atoms with E-state index in [-0.39, 0.29) is 37.2 Å². The fraction of sp³-hybridized carbons (Fsp3) is 0.423. The van der Waals surface area contributed by atoms with Gasteiger partial charge in [0.25, 0.3) is 0 Å². The number of aliphatic carboxylic acids is 1. The van der Waals surface area contributed by atoms with Gasteiger partial charge in [0.2, 0.25) is 21.8 Å². The molecule has 2 aromatic carbocycles. The minimum Gasteiger partial charge on any atom is -0.480 e. The van der Waals surface area contributed by atoms with E-state index in [9.17, 15) is 33.0 Å². The molecule has 37 heavy (non-hydrogen) atoms. The molecule has 200 valence electrons. The molecule has 0 aliphatic carbocycles. The highest BCUT2D eigenvalue weighted by Crippen LogP contribution is 2.20. The summed E-state index contributed by atoms with van der Waals surface area (Å²) in [5.74, 6) is -2.76. The number of nitrogens with one attached hydrogen (secondary N) is 2. The number of amides is 2. The molecule has 0 radical (unpaired) electrons. The van der Waals surface area contributed by atoms with Crippen molar-refractivity contribution in [3.05, 3.63) is 65.7 Å². The molecule has 3 rings (SSSR count). The first-order valence-electron chi connectivity index (χ1n) is 12.1. The van der Waals surface area contributed by atoms with Gasteiger partial charge in [0.15, 0.2) is 6.04 Å². The summed E-state index contributed by atoms with van der Waals surface area (Å²) in [6, 6.07) is 13.0. The molecule has 0 spiro atoms. The Kier molecular flexibility index (Phi) is 9.41. The maximum absolute atomic E-state index is 13.5. The first-order chi connectivity index (χ1) is 17.5. The van der Waals surface area contributed by atoms with Gasteiger partial charge < -0.3 is 20.4 Å². The molecule has 0 aromatic heterocycles. The molecule has 1 aliphatic heterocycles. The molecule has 1 heterocycles. The predicted octanol–water partition coefficient (Wildman–Crippen LogP) is 1.07. The molecule has 0 bridgehead atoms. The number of sulfonamides is 1. The Balaban J connectivity index is 1.71. The van der Waals surface area contributed by atoms with Gasteiger partial charge in [-0.05, 0) is 50.8 Å². The maximum atomic E-state index is 13.5. The summed E-state index contributed by atoms with van der Waals surface area (Å²) in [6.45, 7) is 3.55. The van der Waals surface area contributed by atoms with Crippen molar-refractivity contribution in [2.75, 3.05) is 13.1 Å². The quantitative estimate of drug-likeness (QED) is 0.358. The molecular weight excluding hydrogens is 498 g/mol. The number of benzene rings is 2. The van der Waals surface area contributed by atoms with Crippen LogP contribution in [-0.2, 0) is 30.8 Å². The van der Waals surface area contributed by atoms with Crippen LogP contribution in [0, 0.1) is 12.8 Å². The summed E-state index contributed by atoms with van der Waals surface area (Å²) in [7, 11) is -3.97. The molecular formula is C26H33N3O7S. The summed E-state index contributed by atoms with van der Waals surface area (Å²) < 4.78 is 28.7. The number of hydrogen-bond donors (Lipinski definition) is 4. The molecule has 2 amide bonds. The van der Waals surface area contributed by atoms with Gasteiger partial charge in [0.05, 0.1) is 11.0 Å². The van der Waals surface area contributed by atoms with E-state index in [1.165, 1.54) is 24.0 Å². The second kappa shape index (κ2) is 12.3. The number of piperidine rings is 1. The van der Waals surface area contributed by atoms with Gasteiger partial charge in [-0.2, -0.15) is 4.72 Å². The third-order valence-corrected chi connectivity index (χ3v) is 7.92. The zero-order valence-corrected chi connectivity index (χ0v) is 21.6. The van der Waals surface area contributed by atoms with Crippen LogP contribution in [0.5, 0.6) is 0 Å². The molecule has 10 nitrogen and oxygen atoms in total. The van der Waals surface area contributed by atoms with Gasteiger partial charge in [-0.25, -0.2) is 13.2 Å². The summed E-state index contributed by atoms with van der Waals surface area (Å²) in [4.78, 5) is 38.9. The second-order valence-corrected chi connectivity index (χ2v) is 11.1. The van der Waals surface area contributed by atoms with Crippen molar-refractivity contribution in [1.82, 2.24) is 14.9 Å². The molecule has 1 saturated heterocycles. The van der Waals surface area contributed by atoms with E-state index in [0.717, 1.165) is 11.1 Å². The van der Waals surface area contributed by atoms with Gasteiger partial charge in [-0.15, -0.1) is 0 Å². The number of carboxylic acids is 1. The second-order valence-electron chi connectivity index (χ2n) is 9.34. The van der Waals surface area contributed by atoms with Crippen LogP contribution in [0.1, 0.15) is 30.9 Å². The molecule has 2 aromatic rings. The first-order valence-corrected chi connectivity index (χ1v) is 13.6. The van der Waals surface area contributed by atoms with Crippen LogP contribution in [0.4, 0.5) is 0 Å². The lowest BCUT2D eigenvalue weighted by Crippen LogP contribution is -2.54. The number of carbonyl (C=O) groups is 3. The highest BCUT2D eigenvalue weighted by atomic mass is 32.2. The molecule has 1 fully saturated rings. The molecule has 0 saturated carbocycles. The van der Waals surface area contributed by atoms with E-state index in [4.69, 9.17) is 0 Å². The van der Waals surface area contributed by atoms with Gasteiger partial charge in [-0.1, -0.05) is 48.0 Å². The largest absolute Gasteiger partial charge is 0.480 e. The van der Waals surface area contributed by atoms with E-state index in [1.54, 1.807) is 12.1 Å². The summed E-state index contributed by atoms with van der Waals surface area (Å²) in [5, 5.41) is 21.2. The van der Waals surface area contributed by atoms with Crippen LogP contribution in [0.3, 0.4) is 0 Å². The average Bonchev–Trinajstić information content (AvgIpc) is 2.86. The number of carboxylic acid groups (broad SMARTS) is 1. The predicted molar refractivity (Wildman–Crippen MR) is 136 cm³/mol. The lowest BCUT2D eigenvalue weighted by Gasteiger charge is -2.34. The Morgan fingerprint density at radius 1 is 1.03 bits per heavy atom. The molecule has 1 aliphatic rings. The fourth-order valence-corrected chi connectivity index (χ4v) is 5.43. The zero-order chi connectivity index (χ0) is 27.2. The highest BCUT2D eigenvalue weighted by Gasteiger charge is 2.35. The van der Waals surface area contributed by atoms with Crippen molar-refractivity contribution in [2.24, 2.45) is 5.92 Å². The Labute approximate surface area is 216 Å². The third-order valence-electron chi connectivity index (χ3n) is 6.43. The van der Waals surface area contributed by atoms with Crippen LogP contribution in [0.15, 0.2) is 59.5 Å². The fourth-order valence-electron chi connectivity index (χ4n) is 4.24. The topological polar surface area (TPSA) is 153 Å². The maximum Gasteiger partial charge on any atom is 0.328 e. The lowest BCUT2D eigenvalue weighted by molar-refractivity contribution is -0.146. The monoisotopic (exact) mass is 531 g/mol. The Morgan fingerprint density at radius 3 is 2.16 bits per heavy atom. The van der Waals surface area contributed by atoms with E-state index in [1.807, 2.05) is 37.3 Å². The van der Waals surface area contributed by atoms with Crippen molar-refractivity contribution in [3.63, 3.8) is 0 Å². The summed E-state index contributed by atoms with van der Waals surface area (Å²) in [5.41, 5.74) is 1.70. The first kappa shape index (κ1) is 28.3. The number of nitrogens with zero attached hydrogens (tertiary/aromatic N) is 1. The van der Waals surface area contributed by atoms with Crippen molar-refractivity contribution in [1.29, 1.82) is 0 Å². The van der Waals surface area contributed by atoms with Gasteiger partial charge >= 0.3 is 5.97 Å². The molecule has 3 atom stereocenters. The van der Waals surface area contributed by atoms with Crippen molar-refractivity contribution >= 4 is 27.8 Å². The average molecular weight is 532 g/mol. The van der Waals surface area contributed by atoms with Crippen molar-refractivity contribution < 1.29 is 33.0 Å².